The molecule has 4 rings (SSSR count). The van der Waals surface area contributed by atoms with Gasteiger partial charge in [-0.15, -0.1) is 0 Å². The number of hydrogen-bond donors (Lipinski definition) is 0. The average Bonchev–Trinajstić information content (AvgIpc) is 3.24. The molecule has 0 aliphatic rings. The van der Waals surface area contributed by atoms with Crippen molar-refractivity contribution in [3.05, 3.63) is 112 Å². The van der Waals surface area contributed by atoms with Gasteiger partial charge in [0.1, 0.15) is 0 Å². The van der Waals surface area contributed by atoms with E-state index in [9.17, 15) is 18.5 Å². The Hall–Kier alpha value is -3.82. The summed E-state index contributed by atoms with van der Waals surface area (Å²) in [6.45, 7) is 0.131. The van der Waals surface area contributed by atoms with Crippen LogP contribution in [-0.4, -0.2) is 34.5 Å². The Kier molecular flexibility index (Phi) is 6.34. The number of nitrogens with zero attached hydrogens (tertiary/aromatic N) is 4. The molecule has 3 aromatic carbocycles. The van der Waals surface area contributed by atoms with Crippen LogP contribution in [-0.2, 0) is 22.3 Å². The summed E-state index contributed by atoms with van der Waals surface area (Å²) >= 11 is 0. The summed E-state index contributed by atoms with van der Waals surface area (Å²) in [5, 5.41) is 15.6. The molecule has 0 atom stereocenters. The Morgan fingerprint density at radius 1 is 0.939 bits per heavy atom. The van der Waals surface area contributed by atoms with Crippen LogP contribution in [0.5, 0.6) is 0 Å². The topological polar surface area (TPSA) is 98.3 Å². The number of aromatic nitrogens is 2. The Balaban J connectivity index is 1.61. The van der Waals surface area contributed by atoms with E-state index in [1.165, 1.54) is 35.6 Å². The van der Waals surface area contributed by atoms with Crippen molar-refractivity contribution >= 4 is 15.7 Å². The van der Waals surface area contributed by atoms with Gasteiger partial charge in [0.2, 0.25) is 10.0 Å². The monoisotopic (exact) mass is 462 g/mol. The van der Waals surface area contributed by atoms with Gasteiger partial charge in [-0.2, -0.15) is 5.10 Å². The fourth-order valence-electron chi connectivity index (χ4n) is 3.45. The van der Waals surface area contributed by atoms with Crippen molar-refractivity contribution in [2.45, 2.75) is 12.3 Å². The molecule has 168 valence electrons. The second kappa shape index (κ2) is 9.35. The second-order valence-electron chi connectivity index (χ2n) is 7.58. The SMILES string of the molecule is CN(Cc1cn(-c2ccccc2)nc1-c1ccccc1)S(=O)(=O)Cc1ccc([N+](=O)[O-])cc1. The predicted molar refractivity (Wildman–Crippen MR) is 126 cm³/mol. The van der Waals surface area contributed by atoms with Crippen LogP contribution in [0.1, 0.15) is 11.1 Å². The number of nitro groups is 1. The third kappa shape index (κ3) is 5.16. The Morgan fingerprint density at radius 3 is 2.15 bits per heavy atom. The summed E-state index contributed by atoms with van der Waals surface area (Å²) < 4.78 is 29.1. The number of para-hydroxylation sites is 1. The number of nitro benzene ring substituents is 1. The summed E-state index contributed by atoms with van der Waals surface area (Å²) in [7, 11) is -2.15. The van der Waals surface area contributed by atoms with E-state index in [-0.39, 0.29) is 18.0 Å². The van der Waals surface area contributed by atoms with Gasteiger partial charge >= 0.3 is 0 Å². The summed E-state index contributed by atoms with van der Waals surface area (Å²) in [6.07, 6.45) is 1.84. The van der Waals surface area contributed by atoms with E-state index in [0.29, 0.717) is 11.3 Å². The van der Waals surface area contributed by atoms with Crippen molar-refractivity contribution < 1.29 is 13.3 Å². The van der Waals surface area contributed by atoms with Crippen molar-refractivity contribution in [2.24, 2.45) is 0 Å². The van der Waals surface area contributed by atoms with Gasteiger partial charge in [0.15, 0.2) is 0 Å². The van der Waals surface area contributed by atoms with E-state index in [1.807, 2.05) is 66.9 Å². The summed E-state index contributed by atoms with van der Waals surface area (Å²) in [5.41, 5.74) is 3.64. The molecule has 33 heavy (non-hydrogen) atoms. The minimum Gasteiger partial charge on any atom is -0.258 e. The maximum atomic E-state index is 13.0. The van der Waals surface area contributed by atoms with Gasteiger partial charge in [0, 0.05) is 43.0 Å². The van der Waals surface area contributed by atoms with Crippen LogP contribution in [0.2, 0.25) is 0 Å². The zero-order chi connectivity index (χ0) is 23.4. The minimum atomic E-state index is -3.67. The quantitative estimate of drug-likeness (QED) is 0.285. The zero-order valence-corrected chi connectivity index (χ0v) is 18.7. The number of non-ortho nitro benzene ring substituents is 1. The lowest BCUT2D eigenvalue weighted by Gasteiger charge is -2.17. The molecule has 8 nitrogen and oxygen atoms in total. The van der Waals surface area contributed by atoms with Crippen molar-refractivity contribution in [3.63, 3.8) is 0 Å². The normalized spacial score (nSPS) is 11.6. The first kappa shape index (κ1) is 22.4. The molecule has 0 saturated heterocycles. The van der Waals surface area contributed by atoms with Crippen LogP contribution < -0.4 is 0 Å². The molecule has 0 spiro atoms. The van der Waals surface area contributed by atoms with Crippen LogP contribution in [0.4, 0.5) is 5.69 Å². The highest BCUT2D eigenvalue weighted by molar-refractivity contribution is 7.88. The van der Waals surface area contributed by atoms with Gasteiger partial charge in [-0.05, 0) is 17.7 Å². The van der Waals surface area contributed by atoms with Crippen LogP contribution >= 0.6 is 0 Å². The molecule has 9 heteroatoms. The molecule has 0 N–H and O–H groups in total. The smallest absolute Gasteiger partial charge is 0.258 e. The van der Waals surface area contributed by atoms with Crippen molar-refractivity contribution in [2.75, 3.05) is 7.05 Å². The lowest BCUT2D eigenvalue weighted by Crippen LogP contribution is -2.27. The Labute approximate surface area is 191 Å². The van der Waals surface area contributed by atoms with Crippen LogP contribution in [0.15, 0.2) is 91.1 Å². The lowest BCUT2D eigenvalue weighted by atomic mass is 10.1. The molecule has 1 aromatic heterocycles. The van der Waals surface area contributed by atoms with Crippen molar-refractivity contribution in [3.8, 4) is 16.9 Å². The highest BCUT2D eigenvalue weighted by Gasteiger charge is 2.22. The van der Waals surface area contributed by atoms with Gasteiger partial charge in [0.05, 0.1) is 22.1 Å². The molecule has 0 fully saturated rings. The van der Waals surface area contributed by atoms with E-state index in [2.05, 4.69) is 0 Å². The largest absolute Gasteiger partial charge is 0.269 e. The maximum Gasteiger partial charge on any atom is 0.269 e. The van der Waals surface area contributed by atoms with Crippen LogP contribution in [0.3, 0.4) is 0 Å². The van der Waals surface area contributed by atoms with Gasteiger partial charge in [-0.3, -0.25) is 10.1 Å². The van der Waals surface area contributed by atoms with E-state index in [1.54, 1.807) is 4.68 Å². The first-order valence-corrected chi connectivity index (χ1v) is 11.8. The minimum absolute atomic E-state index is 0.0784. The molecular weight excluding hydrogens is 440 g/mol. The summed E-state index contributed by atoms with van der Waals surface area (Å²) in [4.78, 5) is 10.3. The Bertz CT molecular complexity index is 1350. The van der Waals surface area contributed by atoms with Gasteiger partial charge in [0.25, 0.3) is 5.69 Å². The van der Waals surface area contributed by atoms with Crippen molar-refractivity contribution in [1.29, 1.82) is 0 Å². The number of sulfonamides is 1. The van der Waals surface area contributed by atoms with E-state index in [4.69, 9.17) is 5.10 Å². The molecule has 4 aromatic rings. The maximum absolute atomic E-state index is 13.0. The summed E-state index contributed by atoms with van der Waals surface area (Å²) in [6, 6.07) is 24.8. The van der Waals surface area contributed by atoms with E-state index < -0.39 is 14.9 Å². The number of benzene rings is 3. The molecule has 0 aliphatic heterocycles. The standard InChI is InChI=1S/C24H22N4O4S/c1-26(33(31,32)18-19-12-14-23(15-13-19)28(29)30)16-21-17-27(22-10-6-3-7-11-22)25-24(21)20-8-4-2-5-9-20/h2-15,17H,16,18H2,1H3. The van der Waals surface area contributed by atoms with Crippen LogP contribution in [0, 0.1) is 10.1 Å². The number of hydrogen-bond acceptors (Lipinski definition) is 5. The first-order valence-electron chi connectivity index (χ1n) is 10.2. The molecule has 0 aliphatic carbocycles. The molecule has 0 radical (unpaired) electrons. The fraction of sp³-hybridized carbons (Fsp3) is 0.125. The Morgan fingerprint density at radius 2 is 1.55 bits per heavy atom. The molecule has 0 amide bonds. The highest BCUT2D eigenvalue weighted by Crippen LogP contribution is 2.26. The first-order chi connectivity index (χ1) is 15.8. The third-order valence-corrected chi connectivity index (χ3v) is 7.00. The van der Waals surface area contributed by atoms with E-state index in [0.717, 1.165) is 16.8 Å². The summed E-state index contributed by atoms with van der Waals surface area (Å²) in [5.74, 6) is -0.255. The zero-order valence-electron chi connectivity index (χ0n) is 17.9. The molecule has 1 heterocycles. The van der Waals surface area contributed by atoms with Gasteiger partial charge in [-0.1, -0.05) is 60.7 Å². The lowest BCUT2D eigenvalue weighted by molar-refractivity contribution is -0.384. The van der Waals surface area contributed by atoms with Gasteiger partial charge < -0.3 is 0 Å². The third-order valence-electron chi connectivity index (χ3n) is 5.22. The van der Waals surface area contributed by atoms with Crippen molar-refractivity contribution in [1.82, 2.24) is 14.1 Å². The molecular formula is C24H22N4O4S. The highest BCUT2D eigenvalue weighted by atomic mass is 32.2. The predicted octanol–water partition coefficient (Wildman–Crippen LogP) is 4.41. The van der Waals surface area contributed by atoms with Gasteiger partial charge in [-0.25, -0.2) is 17.4 Å². The van der Waals surface area contributed by atoms with E-state index >= 15 is 0 Å². The molecule has 0 bridgehead atoms. The number of rotatable bonds is 8. The fourth-order valence-corrected chi connectivity index (χ4v) is 4.62. The van der Waals surface area contributed by atoms with Crippen LogP contribution in [0.25, 0.3) is 16.9 Å². The molecule has 0 saturated carbocycles. The molecule has 0 unspecified atom stereocenters. The average molecular weight is 463 g/mol. The second-order valence-corrected chi connectivity index (χ2v) is 9.66.